The first-order chi connectivity index (χ1) is 15.2. The summed E-state index contributed by atoms with van der Waals surface area (Å²) in [4.78, 5) is 38.6. The van der Waals surface area contributed by atoms with Crippen LogP contribution in [0.5, 0.6) is 0 Å². The Hall–Kier alpha value is -3.33. The Morgan fingerprint density at radius 1 is 1.00 bits per heavy atom. The molecule has 9 heteroatoms. The maximum atomic E-state index is 13.1. The minimum Gasteiger partial charge on any atom is -0.467 e. The second kappa shape index (κ2) is 10.1. The number of benzene rings is 1. The van der Waals surface area contributed by atoms with Gasteiger partial charge in [0.15, 0.2) is 0 Å². The maximum absolute atomic E-state index is 13.1. The van der Waals surface area contributed by atoms with Crippen LogP contribution in [-0.2, 0) is 11.3 Å². The molecular weight excluding hydrogens is 414 g/mol. The summed E-state index contributed by atoms with van der Waals surface area (Å²) in [5.41, 5.74) is 0.621. The summed E-state index contributed by atoms with van der Waals surface area (Å²) in [6, 6.07) is 12.8. The smallest absolute Gasteiger partial charge is 0.255 e. The van der Waals surface area contributed by atoms with Crippen molar-refractivity contribution in [2.24, 2.45) is 0 Å². The van der Waals surface area contributed by atoms with Crippen molar-refractivity contribution in [1.82, 2.24) is 20.2 Å². The van der Waals surface area contributed by atoms with Crippen molar-refractivity contribution in [3.05, 3.63) is 72.4 Å². The number of anilines is 1. The Kier molecular flexibility index (Phi) is 6.83. The lowest BCUT2D eigenvalue weighted by atomic mass is 10.2. The predicted octanol–water partition coefficient (Wildman–Crippen LogP) is 2.44. The van der Waals surface area contributed by atoms with Crippen LogP contribution in [0, 0.1) is 0 Å². The lowest BCUT2D eigenvalue weighted by Gasteiger charge is -2.35. The molecule has 0 spiro atoms. The van der Waals surface area contributed by atoms with Crippen molar-refractivity contribution in [3.8, 4) is 0 Å². The first-order valence-electron chi connectivity index (χ1n) is 10.0. The van der Waals surface area contributed by atoms with Gasteiger partial charge in [-0.3, -0.25) is 9.59 Å². The summed E-state index contributed by atoms with van der Waals surface area (Å²) in [6.07, 6.45) is 5.01. The molecule has 1 aliphatic rings. The third-order valence-electron chi connectivity index (χ3n) is 4.92. The van der Waals surface area contributed by atoms with Crippen molar-refractivity contribution in [2.75, 3.05) is 36.8 Å². The molecule has 8 nitrogen and oxygen atoms in total. The normalized spacial score (nSPS) is 13.8. The van der Waals surface area contributed by atoms with Crippen molar-refractivity contribution < 1.29 is 14.0 Å². The molecule has 160 valence electrons. The highest BCUT2D eigenvalue weighted by molar-refractivity contribution is 8.00. The molecule has 2 aromatic heterocycles. The van der Waals surface area contributed by atoms with Crippen LogP contribution in [0.3, 0.4) is 0 Å². The van der Waals surface area contributed by atoms with Gasteiger partial charge in [0.05, 0.1) is 24.1 Å². The van der Waals surface area contributed by atoms with Crippen LogP contribution in [0.15, 0.2) is 70.4 Å². The number of piperazine rings is 1. The Labute approximate surface area is 184 Å². The topological polar surface area (TPSA) is 91.6 Å². The molecule has 0 bridgehead atoms. The lowest BCUT2D eigenvalue weighted by Crippen LogP contribution is -2.49. The molecule has 1 saturated heterocycles. The molecule has 3 aromatic rings. The molecule has 3 heterocycles. The summed E-state index contributed by atoms with van der Waals surface area (Å²) < 4.78 is 5.22. The average molecular weight is 438 g/mol. The van der Waals surface area contributed by atoms with Gasteiger partial charge < -0.3 is 19.5 Å². The van der Waals surface area contributed by atoms with E-state index in [1.54, 1.807) is 30.8 Å². The highest BCUT2D eigenvalue weighted by Crippen LogP contribution is 2.24. The molecule has 0 atom stereocenters. The molecule has 1 N–H and O–H groups in total. The van der Waals surface area contributed by atoms with E-state index in [0.717, 1.165) is 4.90 Å². The molecule has 1 fully saturated rings. The molecule has 1 aliphatic heterocycles. The van der Waals surface area contributed by atoms with E-state index in [9.17, 15) is 9.59 Å². The van der Waals surface area contributed by atoms with Crippen molar-refractivity contribution in [1.29, 1.82) is 0 Å². The zero-order valence-electron chi connectivity index (χ0n) is 16.9. The largest absolute Gasteiger partial charge is 0.467 e. The zero-order chi connectivity index (χ0) is 21.5. The number of nitrogens with zero attached hydrogens (tertiary/aromatic N) is 4. The molecular formula is C22H23N5O3S. The quantitative estimate of drug-likeness (QED) is 0.568. The highest BCUT2D eigenvalue weighted by Gasteiger charge is 2.25. The number of carbonyl (C=O) groups excluding carboxylic acids is 2. The van der Waals surface area contributed by atoms with E-state index in [0.29, 0.717) is 50.0 Å². The Balaban J connectivity index is 1.32. The fraction of sp³-hybridized carbons (Fsp3) is 0.273. The van der Waals surface area contributed by atoms with E-state index in [-0.39, 0.29) is 17.6 Å². The summed E-state index contributed by atoms with van der Waals surface area (Å²) in [5.74, 6) is 1.48. The van der Waals surface area contributed by atoms with E-state index in [1.807, 2.05) is 35.2 Å². The number of hydrogen-bond acceptors (Lipinski definition) is 7. The highest BCUT2D eigenvalue weighted by atomic mass is 32.2. The van der Waals surface area contributed by atoms with E-state index in [2.05, 4.69) is 20.2 Å². The molecule has 2 amide bonds. The third kappa shape index (κ3) is 5.43. The molecule has 31 heavy (non-hydrogen) atoms. The van der Waals surface area contributed by atoms with E-state index < -0.39 is 0 Å². The van der Waals surface area contributed by atoms with Crippen molar-refractivity contribution in [2.45, 2.75) is 11.4 Å². The van der Waals surface area contributed by atoms with E-state index >= 15 is 0 Å². The number of hydrogen-bond donors (Lipinski definition) is 1. The summed E-state index contributed by atoms with van der Waals surface area (Å²) in [7, 11) is 0. The minimum absolute atomic E-state index is 0.0206. The molecule has 0 unspecified atom stereocenters. The van der Waals surface area contributed by atoms with Gasteiger partial charge in [-0.1, -0.05) is 12.1 Å². The van der Waals surface area contributed by atoms with Gasteiger partial charge in [0.1, 0.15) is 5.76 Å². The fourth-order valence-corrected chi connectivity index (χ4v) is 4.17. The van der Waals surface area contributed by atoms with Crippen LogP contribution < -0.4 is 10.2 Å². The second-order valence-electron chi connectivity index (χ2n) is 6.97. The average Bonchev–Trinajstić information content (AvgIpc) is 3.36. The summed E-state index contributed by atoms with van der Waals surface area (Å²) >= 11 is 1.36. The number of furan rings is 1. The second-order valence-corrected chi connectivity index (χ2v) is 7.99. The van der Waals surface area contributed by atoms with E-state index in [4.69, 9.17) is 4.42 Å². The number of thioether (sulfide) groups is 1. The standard InChI is InChI=1S/C22H23N5O3S/c28-20(25-15-17-5-3-14-30-17)16-31-19-7-2-1-6-18(19)21(29)26-10-12-27(13-11-26)22-23-8-4-9-24-22/h1-9,14H,10-13,15-16H2,(H,25,28). The Morgan fingerprint density at radius 2 is 1.77 bits per heavy atom. The van der Waals surface area contributed by atoms with Gasteiger partial charge in [-0.05, 0) is 30.3 Å². The zero-order valence-corrected chi connectivity index (χ0v) is 17.8. The van der Waals surface area contributed by atoms with Crippen LogP contribution >= 0.6 is 11.8 Å². The van der Waals surface area contributed by atoms with Crippen molar-refractivity contribution in [3.63, 3.8) is 0 Å². The van der Waals surface area contributed by atoms with Crippen LogP contribution in [0.25, 0.3) is 0 Å². The van der Waals surface area contributed by atoms with Gasteiger partial charge in [0.2, 0.25) is 11.9 Å². The Morgan fingerprint density at radius 3 is 2.52 bits per heavy atom. The van der Waals surface area contributed by atoms with Gasteiger partial charge >= 0.3 is 0 Å². The summed E-state index contributed by atoms with van der Waals surface area (Å²) in [5, 5.41) is 2.82. The summed E-state index contributed by atoms with van der Waals surface area (Å²) in [6.45, 7) is 2.91. The van der Waals surface area contributed by atoms with Crippen LogP contribution in [-0.4, -0.2) is 58.6 Å². The predicted molar refractivity (Wildman–Crippen MR) is 118 cm³/mol. The Bertz CT molecular complexity index is 1010. The van der Waals surface area contributed by atoms with Crippen molar-refractivity contribution >= 4 is 29.5 Å². The molecule has 0 radical (unpaired) electrons. The maximum Gasteiger partial charge on any atom is 0.255 e. The number of aromatic nitrogens is 2. The van der Waals surface area contributed by atoms with Crippen LogP contribution in [0.1, 0.15) is 16.1 Å². The number of nitrogens with one attached hydrogen (secondary N) is 1. The van der Waals surface area contributed by atoms with Gasteiger partial charge in [0, 0.05) is 43.5 Å². The molecule has 4 rings (SSSR count). The van der Waals surface area contributed by atoms with Gasteiger partial charge in [-0.25, -0.2) is 9.97 Å². The third-order valence-corrected chi connectivity index (χ3v) is 5.99. The molecule has 1 aromatic carbocycles. The number of amides is 2. The first-order valence-corrected chi connectivity index (χ1v) is 11.0. The fourth-order valence-electron chi connectivity index (χ4n) is 3.30. The molecule has 0 aliphatic carbocycles. The van der Waals surface area contributed by atoms with Gasteiger partial charge in [0.25, 0.3) is 5.91 Å². The molecule has 0 saturated carbocycles. The van der Waals surface area contributed by atoms with Crippen LogP contribution in [0.4, 0.5) is 5.95 Å². The monoisotopic (exact) mass is 437 g/mol. The van der Waals surface area contributed by atoms with Gasteiger partial charge in [-0.15, -0.1) is 11.8 Å². The number of carbonyl (C=O) groups is 2. The number of rotatable bonds is 7. The van der Waals surface area contributed by atoms with Gasteiger partial charge in [-0.2, -0.15) is 0 Å². The van der Waals surface area contributed by atoms with Crippen LogP contribution in [0.2, 0.25) is 0 Å². The minimum atomic E-state index is -0.111. The first kappa shape index (κ1) is 20.9. The van der Waals surface area contributed by atoms with E-state index in [1.165, 1.54) is 11.8 Å². The SMILES string of the molecule is O=C(CSc1ccccc1C(=O)N1CCN(c2ncccn2)CC1)NCc1ccco1. The lowest BCUT2D eigenvalue weighted by molar-refractivity contribution is -0.118.